The number of rotatable bonds is 4. The molecule has 23 heavy (non-hydrogen) atoms. The molecule has 0 spiro atoms. The van der Waals surface area contributed by atoms with Crippen molar-refractivity contribution in [1.29, 1.82) is 0 Å². The molecule has 0 saturated carbocycles. The van der Waals surface area contributed by atoms with Crippen LogP contribution in [0.4, 0.5) is 11.6 Å². The van der Waals surface area contributed by atoms with Crippen molar-refractivity contribution in [1.82, 2.24) is 14.9 Å². The minimum absolute atomic E-state index is 0.0126. The second-order valence-corrected chi connectivity index (χ2v) is 7.53. The average molecular weight is 447 g/mol. The summed E-state index contributed by atoms with van der Waals surface area (Å²) in [6.45, 7) is 5.93. The lowest BCUT2D eigenvalue weighted by molar-refractivity contribution is -0.384. The molecule has 2 N–H and O–H groups in total. The summed E-state index contributed by atoms with van der Waals surface area (Å²) >= 11 is 6.69. The lowest BCUT2D eigenvalue weighted by atomic mass is 10.2. The van der Waals surface area contributed by atoms with Crippen molar-refractivity contribution in [3.8, 4) is 0 Å². The normalized spacial score (nSPS) is 18.0. The SMILES string of the molecule is CC(C)n1c(N[C@H]2CCNC2)nc2c([N+](=O)[O-])c(Br)c(Br)cc21. The van der Waals surface area contributed by atoms with E-state index in [4.69, 9.17) is 0 Å². The summed E-state index contributed by atoms with van der Waals surface area (Å²) in [5.74, 6) is 0.678. The summed E-state index contributed by atoms with van der Waals surface area (Å²) in [6.07, 6.45) is 1.01. The fraction of sp³-hybridized carbons (Fsp3) is 0.500. The molecule has 7 nitrogen and oxygen atoms in total. The number of anilines is 1. The van der Waals surface area contributed by atoms with Gasteiger partial charge in [0.1, 0.15) is 4.47 Å². The zero-order chi connectivity index (χ0) is 16.7. The van der Waals surface area contributed by atoms with Crippen LogP contribution in [0.5, 0.6) is 0 Å². The molecule has 0 bridgehead atoms. The van der Waals surface area contributed by atoms with E-state index in [0.717, 1.165) is 25.0 Å². The first-order valence-electron chi connectivity index (χ1n) is 7.41. The standard InChI is InChI=1S/C14H17Br2N5O2/c1-7(2)20-10-5-9(15)11(16)13(21(22)23)12(10)19-14(20)18-8-3-4-17-6-8/h5,7-8,17H,3-4,6H2,1-2H3,(H,18,19)/t8-/m0/s1. The Kier molecular flexibility index (Phi) is 4.61. The number of benzene rings is 1. The first-order chi connectivity index (χ1) is 10.9. The van der Waals surface area contributed by atoms with E-state index >= 15 is 0 Å². The number of aromatic nitrogens is 2. The van der Waals surface area contributed by atoms with Gasteiger partial charge in [0.2, 0.25) is 5.95 Å². The molecule has 1 saturated heterocycles. The molecule has 124 valence electrons. The van der Waals surface area contributed by atoms with Gasteiger partial charge in [-0.25, -0.2) is 4.98 Å². The second kappa shape index (κ2) is 6.37. The van der Waals surface area contributed by atoms with Gasteiger partial charge >= 0.3 is 5.69 Å². The number of nitro benzene ring substituents is 1. The van der Waals surface area contributed by atoms with E-state index in [1.165, 1.54) is 0 Å². The maximum atomic E-state index is 11.5. The maximum absolute atomic E-state index is 11.5. The average Bonchev–Trinajstić information content (AvgIpc) is 3.07. The molecule has 0 aliphatic carbocycles. The molecule has 2 aromatic rings. The maximum Gasteiger partial charge on any atom is 0.312 e. The predicted octanol–water partition coefficient (Wildman–Crippen LogP) is 3.82. The molecule has 2 heterocycles. The highest BCUT2D eigenvalue weighted by atomic mass is 79.9. The lowest BCUT2D eigenvalue weighted by Crippen LogP contribution is -2.24. The predicted molar refractivity (Wildman–Crippen MR) is 97.1 cm³/mol. The van der Waals surface area contributed by atoms with Gasteiger partial charge in [0.25, 0.3) is 0 Å². The topological polar surface area (TPSA) is 85.0 Å². The quantitative estimate of drug-likeness (QED) is 0.550. The van der Waals surface area contributed by atoms with Crippen LogP contribution in [0, 0.1) is 10.1 Å². The van der Waals surface area contributed by atoms with Gasteiger partial charge in [0.15, 0.2) is 5.52 Å². The number of nitrogens with zero attached hydrogens (tertiary/aromatic N) is 3. The second-order valence-electron chi connectivity index (χ2n) is 5.88. The minimum atomic E-state index is -0.393. The summed E-state index contributed by atoms with van der Waals surface area (Å²) in [4.78, 5) is 15.7. The smallest absolute Gasteiger partial charge is 0.312 e. The molecule has 3 rings (SSSR count). The van der Waals surface area contributed by atoms with Crippen LogP contribution in [-0.2, 0) is 0 Å². The summed E-state index contributed by atoms with van der Waals surface area (Å²) in [5, 5.41) is 18.2. The van der Waals surface area contributed by atoms with Crippen molar-refractivity contribution < 1.29 is 4.92 Å². The third-order valence-electron chi connectivity index (χ3n) is 3.95. The van der Waals surface area contributed by atoms with E-state index in [1.54, 1.807) is 0 Å². The van der Waals surface area contributed by atoms with Gasteiger partial charge in [-0.3, -0.25) is 10.1 Å². The number of nitro groups is 1. The van der Waals surface area contributed by atoms with Crippen LogP contribution in [0.2, 0.25) is 0 Å². The van der Waals surface area contributed by atoms with Crippen LogP contribution in [0.25, 0.3) is 11.0 Å². The van der Waals surface area contributed by atoms with Crippen molar-refractivity contribution in [2.75, 3.05) is 18.4 Å². The third-order valence-corrected chi connectivity index (χ3v) is 5.91. The van der Waals surface area contributed by atoms with Crippen molar-refractivity contribution in [3.63, 3.8) is 0 Å². The van der Waals surface area contributed by atoms with Crippen LogP contribution in [0.1, 0.15) is 26.3 Å². The Labute approximate surface area is 150 Å². The Hall–Kier alpha value is -1.19. The van der Waals surface area contributed by atoms with Gasteiger partial charge in [-0.1, -0.05) is 0 Å². The van der Waals surface area contributed by atoms with Crippen LogP contribution in [-0.4, -0.2) is 33.6 Å². The minimum Gasteiger partial charge on any atom is -0.352 e. The van der Waals surface area contributed by atoms with Crippen molar-refractivity contribution in [2.24, 2.45) is 0 Å². The summed E-state index contributed by atoms with van der Waals surface area (Å²) in [6, 6.07) is 2.29. The Bertz CT molecular complexity index is 768. The van der Waals surface area contributed by atoms with Gasteiger partial charge in [-0.2, -0.15) is 0 Å². The van der Waals surface area contributed by atoms with Crippen molar-refractivity contribution in [2.45, 2.75) is 32.4 Å². The zero-order valence-corrected chi connectivity index (χ0v) is 15.9. The van der Waals surface area contributed by atoms with E-state index in [2.05, 4.69) is 47.5 Å². The Morgan fingerprint density at radius 1 is 1.52 bits per heavy atom. The number of imidazole rings is 1. The van der Waals surface area contributed by atoms with Crippen molar-refractivity contribution >= 4 is 54.5 Å². The monoisotopic (exact) mass is 445 g/mol. The number of halogens is 2. The molecule has 9 heteroatoms. The van der Waals surface area contributed by atoms with Gasteiger partial charge in [0.05, 0.1) is 10.4 Å². The Balaban J connectivity index is 2.22. The van der Waals surface area contributed by atoms with E-state index in [-0.39, 0.29) is 17.8 Å². The first-order valence-corrected chi connectivity index (χ1v) is 9.00. The summed E-state index contributed by atoms with van der Waals surface area (Å²) in [5.41, 5.74) is 1.13. The fourth-order valence-corrected chi connectivity index (χ4v) is 3.76. The van der Waals surface area contributed by atoms with E-state index in [1.807, 2.05) is 24.5 Å². The molecule has 1 aromatic heterocycles. The molecule has 0 amide bonds. The van der Waals surface area contributed by atoms with Crippen molar-refractivity contribution in [3.05, 3.63) is 25.1 Å². The molecular formula is C14H17Br2N5O2. The van der Waals surface area contributed by atoms with Gasteiger partial charge in [-0.05, 0) is 64.7 Å². The van der Waals surface area contributed by atoms with Crippen LogP contribution in [0.3, 0.4) is 0 Å². The van der Waals surface area contributed by atoms with E-state index in [0.29, 0.717) is 20.4 Å². The van der Waals surface area contributed by atoms with E-state index in [9.17, 15) is 10.1 Å². The summed E-state index contributed by atoms with van der Waals surface area (Å²) in [7, 11) is 0. The third kappa shape index (κ3) is 2.97. The van der Waals surface area contributed by atoms with E-state index < -0.39 is 4.92 Å². The van der Waals surface area contributed by atoms with Crippen LogP contribution in [0.15, 0.2) is 15.0 Å². The fourth-order valence-electron chi connectivity index (χ4n) is 2.91. The first kappa shape index (κ1) is 16.7. The van der Waals surface area contributed by atoms with Gasteiger partial charge in [-0.15, -0.1) is 0 Å². The number of hydrogen-bond donors (Lipinski definition) is 2. The highest BCUT2D eigenvalue weighted by Gasteiger charge is 2.27. The molecule has 0 radical (unpaired) electrons. The lowest BCUT2D eigenvalue weighted by Gasteiger charge is -2.17. The largest absolute Gasteiger partial charge is 0.352 e. The van der Waals surface area contributed by atoms with Gasteiger partial charge in [0, 0.05) is 23.1 Å². The summed E-state index contributed by atoms with van der Waals surface area (Å²) < 4.78 is 3.07. The highest BCUT2D eigenvalue weighted by Crippen LogP contribution is 2.40. The van der Waals surface area contributed by atoms with Crippen LogP contribution >= 0.6 is 31.9 Å². The molecule has 0 unspecified atom stereocenters. The number of hydrogen-bond acceptors (Lipinski definition) is 5. The molecular weight excluding hydrogens is 430 g/mol. The number of fused-ring (bicyclic) bond motifs is 1. The van der Waals surface area contributed by atoms with Gasteiger partial charge < -0.3 is 15.2 Å². The van der Waals surface area contributed by atoms with Crippen LogP contribution < -0.4 is 10.6 Å². The molecule has 1 aliphatic rings. The molecule has 1 aliphatic heterocycles. The zero-order valence-electron chi connectivity index (χ0n) is 12.8. The molecule has 1 fully saturated rings. The molecule has 1 atom stereocenters. The molecule has 1 aromatic carbocycles. The Morgan fingerprint density at radius 2 is 2.26 bits per heavy atom. The highest BCUT2D eigenvalue weighted by molar-refractivity contribution is 9.13. The number of nitrogens with one attached hydrogen (secondary N) is 2. The Morgan fingerprint density at radius 3 is 2.83 bits per heavy atom.